The first kappa shape index (κ1) is 16.2. The van der Waals surface area contributed by atoms with Gasteiger partial charge < -0.3 is 15.3 Å². The van der Waals surface area contributed by atoms with Crippen LogP contribution in [-0.4, -0.2) is 49.1 Å². The Labute approximate surface area is 119 Å². The van der Waals surface area contributed by atoms with Crippen LogP contribution in [0.25, 0.3) is 0 Å². The summed E-state index contributed by atoms with van der Waals surface area (Å²) in [5, 5.41) is 12.4. The van der Waals surface area contributed by atoms with Crippen LogP contribution in [-0.2, 0) is 0 Å². The number of benzene rings is 1. The van der Waals surface area contributed by atoms with E-state index in [1.165, 1.54) is 0 Å². The Balaban J connectivity index is 3.09. The average Bonchev–Trinajstić information content (AvgIpc) is 2.40. The first-order chi connectivity index (χ1) is 9.40. The van der Waals surface area contributed by atoms with E-state index in [-0.39, 0.29) is 11.5 Å². The molecule has 0 aliphatic carbocycles. The first-order valence-corrected chi connectivity index (χ1v) is 6.63. The van der Waals surface area contributed by atoms with Crippen LogP contribution in [0.15, 0.2) is 12.1 Å². The van der Waals surface area contributed by atoms with E-state index < -0.39 is 5.97 Å². The van der Waals surface area contributed by atoms with Crippen LogP contribution in [0, 0.1) is 13.8 Å². The molecule has 2 N–H and O–H groups in total. The quantitative estimate of drug-likeness (QED) is 0.777. The lowest BCUT2D eigenvalue weighted by atomic mass is 9.96. The van der Waals surface area contributed by atoms with Gasteiger partial charge >= 0.3 is 5.97 Å². The topological polar surface area (TPSA) is 69.6 Å². The number of rotatable bonds is 6. The molecule has 110 valence electrons. The van der Waals surface area contributed by atoms with Gasteiger partial charge in [-0.05, 0) is 45.0 Å². The maximum absolute atomic E-state index is 12.5. The smallest absolute Gasteiger partial charge is 0.336 e. The minimum Gasteiger partial charge on any atom is -0.478 e. The lowest BCUT2D eigenvalue weighted by molar-refractivity contribution is 0.0680. The molecule has 1 aromatic rings. The maximum atomic E-state index is 12.5. The Morgan fingerprint density at radius 1 is 1.20 bits per heavy atom. The van der Waals surface area contributed by atoms with Crippen molar-refractivity contribution < 1.29 is 14.7 Å². The van der Waals surface area contributed by atoms with Crippen LogP contribution in [0.4, 0.5) is 0 Å². The summed E-state index contributed by atoms with van der Waals surface area (Å²) in [5.74, 6) is -1.29. The Morgan fingerprint density at radius 3 is 2.25 bits per heavy atom. The number of hydrogen-bond donors (Lipinski definition) is 2. The number of carboxylic acids is 1. The van der Waals surface area contributed by atoms with Crippen LogP contribution in [0.3, 0.4) is 0 Å². The van der Waals surface area contributed by atoms with Crippen molar-refractivity contribution in [1.82, 2.24) is 10.2 Å². The van der Waals surface area contributed by atoms with E-state index in [1.807, 2.05) is 7.05 Å². The van der Waals surface area contributed by atoms with Gasteiger partial charge in [0.25, 0.3) is 5.91 Å². The molecule has 0 saturated carbocycles. The van der Waals surface area contributed by atoms with Crippen molar-refractivity contribution in [3.63, 3.8) is 0 Å². The second-order valence-electron chi connectivity index (χ2n) is 4.94. The number of nitrogens with zero attached hydrogens (tertiary/aromatic N) is 1. The fraction of sp³-hybridized carbons (Fsp3) is 0.467. The molecule has 0 saturated heterocycles. The van der Waals surface area contributed by atoms with Crippen LogP contribution >= 0.6 is 0 Å². The third kappa shape index (κ3) is 3.57. The zero-order valence-electron chi connectivity index (χ0n) is 12.5. The summed E-state index contributed by atoms with van der Waals surface area (Å²) in [6.07, 6.45) is 0.825. The van der Waals surface area contributed by atoms with Crippen LogP contribution in [0.5, 0.6) is 0 Å². The third-order valence-corrected chi connectivity index (χ3v) is 3.32. The highest BCUT2D eigenvalue weighted by Crippen LogP contribution is 2.20. The molecule has 1 rings (SSSR count). The normalized spacial score (nSPS) is 10.4. The number of aryl methyl sites for hydroxylation is 2. The lowest BCUT2D eigenvalue weighted by Gasteiger charge is -2.20. The summed E-state index contributed by atoms with van der Waals surface area (Å²) in [6, 6.07) is 3.52. The number of carboxylic acid groups (broad SMARTS) is 1. The predicted octanol–water partition coefficient (Wildman–Crippen LogP) is 1.68. The Morgan fingerprint density at radius 2 is 1.75 bits per heavy atom. The molecule has 20 heavy (non-hydrogen) atoms. The molecule has 0 heterocycles. The standard InChI is InChI=1S/C15H22N2O3/c1-10-6-7-11(2)13(15(19)20)12(10)14(18)17(4)9-5-8-16-3/h6-7,16H,5,8-9H2,1-4H3,(H,19,20). The molecule has 0 atom stereocenters. The van der Waals surface area contributed by atoms with Crippen molar-refractivity contribution >= 4 is 11.9 Å². The van der Waals surface area contributed by atoms with Crippen LogP contribution < -0.4 is 5.32 Å². The van der Waals surface area contributed by atoms with Crippen molar-refractivity contribution in [2.75, 3.05) is 27.2 Å². The van der Waals surface area contributed by atoms with Gasteiger partial charge in [0, 0.05) is 13.6 Å². The monoisotopic (exact) mass is 278 g/mol. The van der Waals surface area contributed by atoms with Gasteiger partial charge in [0.1, 0.15) is 0 Å². The number of aromatic carboxylic acids is 1. The fourth-order valence-electron chi connectivity index (χ4n) is 2.15. The van der Waals surface area contributed by atoms with Gasteiger partial charge in [-0.1, -0.05) is 12.1 Å². The van der Waals surface area contributed by atoms with Gasteiger partial charge in [-0.15, -0.1) is 0 Å². The molecule has 0 aliphatic heterocycles. The summed E-state index contributed by atoms with van der Waals surface area (Å²) in [6.45, 7) is 4.88. The lowest BCUT2D eigenvalue weighted by Crippen LogP contribution is -2.31. The van der Waals surface area contributed by atoms with E-state index in [4.69, 9.17) is 0 Å². The Bertz CT molecular complexity index is 512. The number of amides is 1. The molecule has 0 aliphatic rings. The van der Waals surface area contributed by atoms with Gasteiger partial charge in [0.15, 0.2) is 0 Å². The second-order valence-corrected chi connectivity index (χ2v) is 4.94. The number of carbonyl (C=O) groups is 2. The molecule has 0 radical (unpaired) electrons. The SMILES string of the molecule is CNCCCN(C)C(=O)c1c(C)ccc(C)c1C(=O)O. The van der Waals surface area contributed by atoms with Crippen LogP contribution in [0.1, 0.15) is 38.3 Å². The summed E-state index contributed by atoms with van der Waals surface area (Å²) in [5.41, 5.74) is 1.70. The Hall–Kier alpha value is -1.88. The molecule has 0 bridgehead atoms. The van der Waals surface area contributed by atoms with Crippen LogP contribution in [0.2, 0.25) is 0 Å². The van der Waals surface area contributed by atoms with Crippen molar-refractivity contribution in [1.29, 1.82) is 0 Å². The van der Waals surface area contributed by atoms with E-state index in [2.05, 4.69) is 5.32 Å². The zero-order valence-corrected chi connectivity index (χ0v) is 12.5. The van der Waals surface area contributed by atoms with E-state index in [1.54, 1.807) is 37.9 Å². The van der Waals surface area contributed by atoms with E-state index >= 15 is 0 Å². The van der Waals surface area contributed by atoms with Crippen molar-refractivity contribution in [2.45, 2.75) is 20.3 Å². The van der Waals surface area contributed by atoms with Gasteiger partial charge in [-0.2, -0.15) is 0 Å². The average molecular weight is 278 g/mol. The molecule has 1 aromatic carbocycles. The highest BCUT2D eigenvalue weighted by Gasteiger charge is 2.23. The largest absolute Gasteiger partial charge is 0.478 e. The summed E-state index contributed by atoms with van der Waals surface area (Å²) >= 11 is 0. The van der Waals surface area contributed by atoms with Crippen molar-refractivity contribution in [2.24, 2.45) is 0 Å². The highest BCUT2D eigenvalue weighted by molar-refractivity contribution is 6.06. The molecular formula is C15H22N2O3. The fourth-order valence-corrected chi connectivity index (χ4v) is 2.15. The molecule has 0 fully saturated rings. The second kappa shape index (κ2) is 7.05. The molecule has 0 aromatic heterocycles. The first-order valence-electron chi connectivity index (χ1n) is 6.63. The minimum absolute atomic E-state index is 0.107. The molecule has 0 unspecified atom stereocenters. The Kier molecular flexibility index (Phi) is 5.70. The highest BCUT2D eigenvalue weighted by atomic mass is 16.4. The van der Waals surface area contributed by atoms with Gasteiger partial charge in [-0.3, -0.25) is 4.79 Å². The predicted molar refractivity (Wildman–Crippen MR) is 78.4 cm³/mol. The van der Waals surface area contributed by atoms with Gasteiger partial charge in [0.05, 0.1) is 11.1 Å². The minimum atomic E-state index is -1.06. The van der Waals surface area contributed by atoms with E-state index in [9.17, 15) is 14.7 Å². The molecule has 5 heteroatoms. The number of nitrogens with one attached hydrogen (secondary N) is 1. The van der Waals surface area contributed by atoms with E-state index in [0.717, 1.165) is 13.0 Å². The van der Waals surface area contributed by atoms with Gasteiger partial charge in [0.2, 0.25) is 0 Å². The number of carbonyl (C=O) groups excluding carboxylic acids is 1. The zero-order chi connectivity index (χ0) is 15.3. The number of hydrogen-bond acceptors (Lipinski definition) is 3. The maximum Gasteiger partial charge on any atom is 0.336 e. The van der Waals surface area contributed by atoms with Crippen molar-refractivity contribution in [3.8, 4) is 0 Å². The molecular weight excluding hydrogens is 256 g/mol. The van der Waals surface area contributed by atoms with Gasteiger partial charge in [-0.25, -0.2) is 4.79 Å². The molecule has 0 spiro atoms. The summed E-state index contributed by atoms with van der Waals surface area (Å²) in [4.78, 5) is 25.5. The third-order valence-electron chi connectivity index (χ3n) is 3.32. The van der Waals surface area contributed by atoms with E-state index in [0.29, 0.717) is 23.2 Å². The summed E-state index contributed by atoms with van der Waals surface area (Å²) < 4.78 is 0. The molecule has 5 nitrogen and oxygen atoms in total. The van der Waals surface area contributed by atoms with Crippen molar-refractivity contribution in [3.05, 3.63) is 34.4 Å². The summed E-state index contributed by atoms with van der Waals surface area (Å²) in [7, 11) is 3.56. The molecule has 1 amide bonds.